The first kappa shape index (κ1) is 18.0. The van der Waals surface area contributed by atoms with Crippen LogP contribution in [0.2, 0.25) is 0 Å². The van der Waals surface area contributed by atoms with E-state index in [0.717, 1.165) is 6.20 Å². The monoisotopic (exact) mass is 364 g/mol. The molecule has 0 unspecified atom stereocenters. The molecule has 0 spiro atoms. The summed E-state index contributed by atoms with van der Waals surface area (Å²) in [5.41, 5.74) is -0.573. The summed E-state index contributed by atoms with van der Waals surface area (Å²) in [6, 6.07) is 0. The summed E-state index contributed by atoms with van der Waals surface area (Å²) in [5, 5.41) is 7.49. The Morgan fingerprint density at radius 1 is 1.23 bits per heavy atom. The van der Waals surface area contributed by atoms with Crippen LogP contribution in [0.4, 0.5) is 15.1 Å². The third kappa shape index (κ3) is 4.06. The van der Waals surface area contributed by atoms with Crippen molar-refractivity contribution in [3.8, 4) is 11.6 Å². The van der Waals surface area contributed by atoms with E-state index in [9.17, 15) is 9.18 Å². The van der Waals surface area contributed by atoms with Gasteiger partial charge >= 0.3 is 6.09 Å². The number of hydrogen-bond donors (Lipinski definition) is 0. The first-order chi connectivity index (χ1) is 12.2. The molecule has 0 aromatic carbocycles. The van der Waals surface area contributed by atoms with Crippen LogP contribution in [0.1, 0.15) is 26.7 Å². The number of amides is 1. The summed E-state index contributed by atoms with van der Waals surface area (Å²) in [6.07, 6.45) is 0.733. The van der Waals surface area contributed by atoms with Gasteiger partial charge in [0.15, 0.2) is 11.5 Å². The average Bonchev–Trinajstić information content (AvgIpc) is 3.00. The minimum absolute atomic E-state index is 0.0102. The third-order valence-corrected chi connectivity index (χ3v) is 3.67. The van der Waals surface area contributed by atoms with E-state index in [1.165, 1.54) is 0 Å². The van der Waals surface area contributed by atoms with Crippen LogP contribution in [0.3, 0.4) is 0 Å². The summed E-state index contributed by atoms with van der Waals surface area (Å²) in [5.74, 6) is 0.0486. The minimum Gasteiger partial charge on any atom is -0.444 e. The molecule has 0 radical (unpaired) electrons. The normalized spacial score (nSPS) is 15.3. The van der Waals surface area contributed by atoms with Gasteiger partial charge in [0.1, 0.15) is 5.60 Å². The highest BCUT2D eigenvalue weighted by atomic mass is 19.1. The Hall–Kier alpha value is -2.78. The first-order valence-corrected chi connectivity index (χ1v) is 8.29. The summed E-state index contributed by atoms with van der Waals surface area (Å²) < 4.78 is 24.6. The van der Waals surface area contributed by atoms with Gasteiger partial charge in [0.25, 0.3) is 5.89 Å². The number of nitrogens with zero attached hydrogens (tertiary/aromatic N) is 6. The number of carbonyl (C=O) groups is 1. The van der Waals surface area contributed by atoms with Gasteiger partial charge in [-0.25, -0.2) is 19.2 Å². The maximum Gasteiger partial charge on any atom is 0.410 e. The van der Waals surface area contributed by atoms with Crippen molar-refractivity contribution in [2.24, 2.45) is 0 Å². The highest BCUT2D eigenvalue weighted by Gasteiger charge is 2.27. The number of hydrogen-bond acceptors (Lipinski definition) is 8. The largest absolute Gasteiger partial charge is 0.444 e. The molecule has 0 atom stereocenters. The number of carbonyl (C=O) groups excluding carboxylic acids is 1. The highest BCUT2D eigenvalue weighted by Crippen LogP contribution is 2.22. The zero-order valence-corrected chi connectivity index (χ0v) is 15.2. The molecular formula is C16H21FN6O3. The molecule has 26 heavy (non-hydrogen) atoms. The van der Waals surface area contributed by atoms with E-state index in [4.69, 9.17) is 9.15 Å². The fraction of sp³-hybridized carbons (Fsp3) is 0.562. The molecule has 0 saturated carbocycles. The van der Waals surface area contributed by atoms with Gasteiger partial charge in [0.05, 0.1) is 6.20 Å². The Morgan fingerprint density at radius 2 is 1.92 bits per heavy atom. The fourth-order valence-electron chi connectivity index (χ4n) is 2.47. The molecule has 2 aromatic rings. The molecule has 10 heteroatoms. The first-order valence-electron chi connectivity index (χ1n) is 8.29. The molecule has 0 N–H and O–H groups in total. The molecule has 1 aliphatic rings. The number of anilines is 1. The molecule has 9 nitrogen and oxygen atoms in total. The standard InChI is InChI=1S/C16H21FN6O3/c1-10-20-21-13(25-10)12-11(17)9-18-14(19-12)22-5-7-23(8-6-22)15(24)26-16(2,3)4/h9H,5-8H2,1-4H3. The van der Waals surface area contributed by atoms with Gasteiger partial charge in [-0.2, -0.15) is 0 Å². The molecule has 1 amide bonds. The lowest BCUT2D eigenvalue weighted by Gasteiger charge is -2.35. The van der Waals surface area contributed by atoms with Crippen LogP contribution in [0.5, 0.6) is 0 Å². The molecule has 3 heterocycles. The number of aryl methyl sites for hydroxylation is 1. The quantitative estimate of drug-likeness (QED) is 0.798. The second kappa shape index (κ2) is 6.85. The van der Waals surface area contributed by atoms with Gasteiger partial charge in [0.2, 0.25) is 11.8 Å². The van der Waals surface area contributed by atoms with Crippen LogP contribution in [-0.4, -0.2) is 62.9 Å². The summed E-state index contributed by atoms with van der Waals surface area (Å²) in [4.78, 5) is 23.9. The smallest absolute Gasteiger partial charge is 0.410 e. The Bertz CT molecular complexity index is 796. The predicted molar refractivity (Wildman–Crippen MR) is 90.0 cm³/mol. The number of piperazine rings is 1. The number of aromatic nitrogens is 4. The van der Waals surface area contributed by atoms with Gasteiger partial charge in [-0.1, -0.05) is 0 Å². The lowest BCUT2D eigenvalue weighted by molar-refractivity contribution is 0.0240. The van der Waals surface area contributed by atoms with E-state index >= 15 is 0 Å². The zero-order chi connectivity index (χ0) is 18.9. The van der Waals surface area contributed by atoms with Crippen LogP contribution < -0.4 is 4.90 Å². The van der Waals surface area contributed by atoms with Crippen molar-refractivity contribution in [2.75, 3.05) is 31.1 Å². The van der Waals surface area contributed by atoms with E-state index < -0.39 is 11.4 Å². The topological polar surface area (TPSA) is 97.5 Å². The van der Waals surface area contributed by atoms with Gasteiger partial charge in [0, 0.05) is 33.1 Å². The van der Waals surface area contributed by atoms with Crippen molar-refractivity contribution in [1.82, 2.24) is 25.1 Å². The molecule has 1 aliphatic heterocycles. The maximum atomic E-state index is 14.0. The fourth-order valence-corrected chi connectivity index (χ4v) is 2.47. The van der Waals surface area contributed by atoms with Crippen molar-refractivity contribution < 1.29 is 18.3 Å². The van der Waals surface area contributed by atoms with E-state index in [1.807, 2.05) is 25.7 Å². The van der Waals surface area contributed by atoms with Gasteiger partial charge in [-0.3, -0.25) is 0 Å². The van der Waals surface area contributed by atoms with E-state index in [2.05, 4.69) is 20.2 Å². The maximum absolute atomic E-state index is 14.0. The van der Waals surface area contributed by atoms with Gasteiger partial charge < -0.3 is 19.0 Å². The Labute approximate surface area is 150 Å². The highest BCUT2D eigenvalue weighted by molar-refractivity contribution is 5.68. The van der Waals surface area contributed by atoms with Crippen molar-refractivity contribution >= 4 is 12.0 Å². The molecule has 0 aliphatic carbocycles. The molecule has 2 aromatic heterocycles. The summed E-state index contributed by atoms with van der Waals surface area (Å²) in [6.45, 7) is 9.04. The average molecular weight is 364 g/mol. The zero-order valence-electron chi connectivity index (χ0n) is 15.2. The lowest BCUT2D eigenvalue weighted by Crippen LogP contribution is -2.50. The van der Waals surface area contributed by atoms with Crippen LogP contribution in [-0.2, 0) is 4.74 Å². The van der Waals surface area contributed by atoms with Crippen molar-refractivity contribution in [3.05, 3.63) is 17.9 Å². The summed E-state index contributed by atoms with van der Waals surface area (Å²) in [7, 11) is 0. The lowest BCUT2D eigenvalue weighted by atomic mass is 10.2. The van der Waals surface area contributed by atoms with Crippen LogP contribution >= 0.6 is 0 Å². The number of rotatable bonds is 2. The number of halogens is 1. The predicted octanol–water partition coefficient (Wildman–Crippen LogP) is 2.03. The van der Waals surface area contributed by atoms with Crippen molar-refractivity contribution in [3.63, 3.8) is 0 Å². The molecule has 1 fully saturated rings. The van der Waals surface area contributed by atoms with Crippen LogP contribution in [0.15, 0.2) is 10.6 Å². The molecular weight excluding hydrogens is 343 g/mol. The van der Waals surface area contributed by atoms with Crippen molar-refractivity contribution in [1.29, 1.82) is 0 Å². The summed E-state index contributed by atoms with van der Waals surface area (Å²) >= 11 is 0. The van der Waals surface area contributed by atoms with Crippen LogP contribution in [0.25, 0.3) is 11.6 Å². The molecule has 140 valence electrons. The Balaban J connectivity index is 1.69. The van der Waals surface area contributed by atoms with Gasteiger partial charge in [-0.05, 0) is 20.8 Å². The van der Waals surface area contributed by atoms with Gasteiger partial charge in [-0.15, -0.1) is 10.2 Å². The van der Waals surface area contributed by atoms with Crippen molar-refractivity contribution in [2.45, 2.75) is 33.3 Å². The molecule has 1 saturated heterocycles. The Morgan fingerprint density at radius 3 is 2.50 bits per heavy atom. The van der Waals surface area contributed by atoms with Crippen LogP contribution in [0, 0.1) is 12.7 Å². The van der Waals surface area contributed by atoms with E-state index in [0.29, 0.717) is 38.0 Å². The van der Waals surface area contributed by atoms with E-state index in [-0.39, 0.29) is 17.7 Å². The van der Waals surface area contributed by atoms with E-state index in [1.54, 1.807) is 11.8 Å². The second-order valence-electron chi connectivity index (χ2n) is 6.95. The molecule has 3 rings (SSSR count). The number of ether oxygens (including phenoxy) is 1. The third-order valence-electron chi connectivity index (χ3n) is 3.67. The molecule has 0 bridgehead atoms. The second-order valence-corrected chi connectivity index (χ2v) is 6.95. The minimum atomic E-state index is -0.634. The Kier molecular flexibility index (Phi) is 4.75. The SMILES string of the molecule is Cc1nnc(-c2nc(N3CCN(C(=O)OC(C)(C)C)CC3)ncc2F)o1.